The van der Waals surface area contributed by atoms with E-state index < -0.39 is 0 Å². The van der Waals surface area contributed by atoms with E-state index in [0.717, 1.165) is 48.3 Å². The zero-order valence-electron chi connectivity index (χ0n) is 24.2. The SMILES string of the molecule is CC(=O)OC1CC[C@@]2(C)C(C1)C1(C[C@H]3[C@@H]4CC[C@H]([C@H](C)CCCC(C)C)[C@@]4(C)CC[C@@H]32)SCCCS1. The number of carbonyl (C=O) groups excluding carboxylic acids is 1. The lowest BCUT2D eigenvalue weighted by Crippen LogP contribution is -2.61. The summed E-state index contributed by atoms with van der Waals surface area (Å²) >= 11 is 4.65. The molecule has 5 rings (SSSR count). The first-order chi connectivity index (χ1) is 17.1. The topological polar surface area (TPSA) is 26.3 Å². The van der Waals surface area contributed by atoms with E-state index >= 15 is 0 Å². The van der Waals surface area contributed by atoms with Gasteiger partial charge in [-0.2, -0.15) is 0 Å². The van der Waals surface area contributed by atoms with Crippen LogP contribution in [-0.2, 0) is 9.53 Å². The van der Waals surface area contributed by atoms with Crippen LogP contribution in [0.3, 0.4) is 0 Å². The lowest BCUT2D eigenvalue weighted by Gasteiger charge is -2.66. The predicted octanol–water partition coefficient (Wildman–Crippen LogP) is 9.22. The second kappa shape index (κ2) is 10.6. The van der Waals surface area contributed by atoms with Crippen LogP contribution in [0.5, 0.6) is 0 Å². The second-order valence-electron chi connectivity index (χ2n) is 14.5. The van der Waals surface area contributed by atoms with Crippen molar-refractivity contribution in [1.82, 2.24) is 0 Å². The predicted molar refractivity (Wildman–Crippen MR) is 156 cm³/mol. The molecule has 1 saturated heterocycles. The number of hydrogen-bond donors (Lipinski definition) is 0. The van der Waals surface area contributed by atoms with Crippen molar-refractivity contribution in [3.05, 3.63) is 0 Å². The van der Waals surface area contributed by atoms with Crippen LogP contribution in [0.2, 0.25) is 0 Å². The van der Waals surface area contributed by atoms with Gasteiger partial charge in [0.1, 0.15) is 6.10 Å². The molecule has 0 aromatic rings. The molecular weight excluding hydrogens is 480 g/mol. The van der Waals surface area contributed by atoms with E-state index in [2.05, 4.69) is 58.1 Å². The Morgan fingerprint density at radius 1 is 0.944 bits per heavy atom. The van der Waals surface area contributed by atoms with Gasteiger partial charge < -0.3 is 4.74 Å². The molecule has 1 heterocycles. The van der Waals surface area contributed by atoms with Crippen molar-refractivity contribution in [1.29, 1.82) is 0 Å². The molecule has 0 aromatic heterocycles. The minimum absolute atomic E-state index is 0.0803. The fourth-order valence-corrected chi connectivity index (χ4v) is 14.6. The van der Waals surface area contributed by atoms with Crippen molar-refractivity contribution in [2.45, 2.75) is 129 Å². The van der Waals surface area contributed by atoms with Crippen molar-refractivity contribution in [2.75, 3.05) is 11.5 Å². The highest BCUT2D eigenvalue weighted by molar-refractivity contribution is 8.18. The maximum Gasteiger partial charge on any atom is 0.302 e. The highest BCUT2D eigenvalue weighted by Crippen LogP contribution is 2.73. The van der Waals surface area contributed by atoms with E-state index in [-0.39, 0.29) is 12.1 Å². The first-order valence-electron chi connectivity index (χ1n) is 15.5. The Morgan fingerprint density at radius 3 is 2.33 bits per heavy atom. The van der Waals surface area contributed by atoms with Crippen molar-refractivity contribution < 1.29 is 9.53 Å². The van der Waals surface area contributed by atoms with Gasteiger partial charge in [-0.15, -0.1) is 23.5 Å². The normalized spacial score (nSPS) is 44.5. The standard InChI is InChI=1S/C32H54O2S2/c1-21(2)9-7-10-22(3)26-11-12-27-25-20-32(35-17-8-18-36-32)29-19-24(34-23(4)33)13-15-31(29,6)28(25)14-16-30(26,27)5/h21-22,24-29H,7-20H2,1-6H3/t22-,24?,25+,26-,27+,28+,29?,30-,31-/m1/s1. The van der Waals surface area contributed by atoms with Gasteiger partial charge in [0.2, 0.25) is 0 Å². The molecular formula is C32H54O2S2. The number of hydrogen-bond acceptors (Lipinski definition) is 4. The summed E-state index contributed by atoms with van der Waals surface area (Å²) in [6.45, 7) is 14.4. The molecule has 5 aliphatic rings. The maximum absolute atomic E-state index is 11.9. The molecule has 4 saturated carbocycles. The van der Waals surface area contributed by atoms with Gasteiger partial charge in [-0.1, -0.05) is 53.9 Å². The molecule has 2 nitrogen and oxygen atoms in total. The van der Waals surface area contributed by atoms with E-state index in [1.807, 2.05) is 0 Å². The third-order valence-corrected chi connectivity index (χ3v) is 15.7. The Hall–Kier alpha value is 0.170. The monoisotopic (exact) mass is 534 g/mol. The summed E-state index contributed by atoms with van der Waals surface area (Å²) < 4.78 is 6.22. The molecule has 4 heteroatoms. The zero-order chi connectivity index (χ0) is 25.7. The summed E-state index contributed by atoms with van der Waals surface area (Å²) in [5.74, 6) is 8.63. The van der Waals surface area contributed by atoms with Crippen LogP contribution < -0.4 is 0 Å². The largest absolute Gasteiger partial charge is 0.463 e. The summed E-state index contributed by atoms with van der Waals surface area (Å²) in [5.41, 5.74) is 0.973. The first-order valence-corrected chi connectivity index (χ1v) is 17.5. The Kier molecular flexibility index (Phi) is 8.18. The van der Waals surface area contributed by atoms with E-state index in [1.54, 1.807) is 6.92 Å². The smallest absolute Gasteiger partial charge is 0.302 e. The molecule has 4 aliphatic carbocycles. The molecule has 0 bridgehead atoms. The average Bonchev–Trinajstić information content (AvgIpc) is 3.18. The molecule has 9 atom stereocenters. The fourth-order valence-electron chi connectivity index (χ4n) is 10.6. The number of thioether (sulfide) groups is 2. The Balaban J connectivity index is 1.39. The minimum atomic E-state index is -0.0803. The van der Waals surface area contributed by atoms with Crippen molar-refractivity contribution in [2.24, 2.45) is 52.3 Å². The molecule has 0 aromatic carbocycles. The van der Waals surface area contributed by atoms with Gasteiger partial charge in [0.05, 0.1) is 4.08 Å². The Labute approximate surface area is 231 Å². The number of esters is 1. The van der Waals surface area contributed by atoms with Crippen LogP contribution in [0, 0.1) is 52.3 Å². The van der Waals surface area contributed by atoms with Gasteiger partial charge in [0.15, 0.2) is 0 Å². The minimum Gasteiger partial charge on any atom is -0.463 e. The molecule has 36 heavy (non-hydrogen) atoms. The van der Waals surface area contributed by atoms with Crippen LogP contribution in [0.4, 0.5) is 0 Å². The van der Waals surface area contributed by atoms with Gasteiger partial charge in [0.25, 0.3) is 0 Å². The van der Waals surface area contributed by atoms with Gasteiger partial charge in [-0.25, -0.2) is 0 Å². The van der Waals surface area contributed by atoms with Crippen LogP contribution in [0.15, 0.2) is 0 Å². The molecule has 206 valence electrons. The molecule has 1 aliphatic heterocycles. The molecule has 1 spiro atoms. The van der Waals surface area contributed by atoms with Gasteiger partial charge in [-0.3, -0.25) is 4.79 Å². The van der Waals surface area contributed by atoms with Crippen LogP contribution in [0.1, 0.15) is 119 Å². The van der Waals surface area contributed by atoms with Gasteiger partial charge >= 0.3 is 5.97 Å². The van der Waals surface area contributed by atoms with Gasteiger partial charge in [0, 0.05) is 6.92 Å². The number of rotatable bonds is 6. The van der Waals surface area contributed by atoms with Gasteiger partial charge in [-0.05, 0) is 122 Å². The van der Waals surface area contributed by atoms with Crippen molar-refractivity contribution in [3.63, 3.8) is 0 Å². The molecule has 2 unspecified atom stereocenters. The summed E-state index contributed by atoms with van der Waals surface area (Å²) in [7, 11) is 0. The highest BCUT2D eigenvalue weighted by atomic mass is 32.2. The van der Waals surface area contributed by atoms with Crippen LogP contribution >= 0.6 is 23.5 Å². The van der Waals surface area contributed by atoms with E-state index in [9.17, 15) is 4.79 Å². The molecule has 0 amide bonds. The van der Waals surface area contributed by atoms with E-state index in [0.29, 0.717) is 20.8 Å². The summed E-state index contributed by atoms with van der Waals surface area (Å²) in [5, 5.41) is 0. The van der Waals surface area contributed by atoms with Crippen LogP contribution in [0.25, 0.3) is 0 Å². The highest BCUT2D eigenvalue weighted by Gasteiger charge is 2.66. The molecule has 5 fully saturated rings. The number of fused-ring (bicyclic) bond motifs is 6. The number of ether oxygens (including phenoxy) is 1. The van der Waals surface area contributed by atoms with E-state index in [4.69, 9.17) is 4.74 Å². The molecule has 0 N–H and O–H groups in total. The lowest BCUT2D eigenvalue weighted by molar-refractivity contribution is -0.161. The zero-order valence-corrected chi connectivity index (χ0v) is 25.8. The third kappa shape index (κ3) is 4.84. The molecule has 0 radical (unpaired) electrons. The quantitative estimate of drug-likeness (QED) is 0.317. The summed E-state index contributed by atoms with van der Waals surface area (Å²) in [6.07, 6.45) is 16.5. The lowest BCUT2D eigenvalue weighted by atomic mass is 9.44. The Morgan fingerprint density at radius 2 is 1.64 bits per heavy atom. The van der Waals surface area contributed by atoms with Crippen molar-refractivity contribution in [3.8, 4) is 0 Å². The summed E-state index contributed by atoms with van der Waals surface area (Å²) in [6, 6.07) is 0. The summed E-state index contributed by atoms with van der Waals surface area (Å²) in [4.78, 5) is 11.9. The average molecular weight is 535 g/mol. The first kappa shape index (κ1) is 27.7. The van der Waals surface area contributed by atoms with E-state index in [1.165, 1.54) is 75.7 Å². The maximum atomic E-state index is 11.9. The van der Waals surface area contributed by atoms with Crippen LogP contribution in [-0.4, -0.2) is 27.7 Å². The fraction of sp³-hybridized carbons (Fsp3) is 0.969. The third-order valence-electron chi connectivity index (χ3n) is 12.2. The second-order valence-corrected chi connectivity index (χ2v) is 17.6. The van der Waals surface area contributed by atoms with Crippen molar-refractivity contribution >= 4 is 29.5 Å². The Bertz CT molecular complexity index is 789. The number of carbonyl (C=O) groups is 1.